The largest absolute Gasteiger partial charge is 0.497 e. The zero-order valence-electron chi connectivity index (χ0n) is 19.3. The number of aromatic nitrogens is 2. The normalized spacial score (nSPS) is 15.1. The second-order valence-electron chi connectivity index (χ2n) is 8.03. The molecule has 1 saturated heterocycles. The first-order valence-corrected chi connectivity index (χ1v) is 11.0. The maximum Gasteiger partial charge on any atom is 0.191 e. The van der Waals surface area contributed by atoms with Gasteiger partial charge in [0.25, 0.3) is 0 Å². The summed E-state index contributed by atoms with van der Waals surface area (Å²) in [6.45, 7) is 4.62. The lowest BCUT2D eigenvalue weighted by Crippen LogP contribution is -2.48. The van der Waals surface area contributed by atoms with Gasteiger partial charge < -0.3 is 29.4 Å². The number of piperidine rings is 1. The molecule has 0 radical (unpaired) electrons. The highest BCUT2D eigenvalue weighted by molar-refractivity contribution is 5.80. The predicted octanol–water partition coefficient (Wildman–Crippen LogP) is 2.99. The van der Waals surface area contributed by atoms with E-state index in [0.717, 1.165) is 60.4 Å². The summed E-state index contributed by atoms with van der Waals surface area (Å²) in [4.78, 5) is 11.5. The number of nitrogens with zero attached hydrogens (tertiary/aromatic N) is 4. The number of benzene rings is 1. The number of nitrogens with one attached hydrogen (secondary N) is 2. The second kappa shape index (κ2) is 9.80. The Hall–Kier alpha value is -3.42. The predicted molar refractivity (Wildman–Crippen MR) is 128 cm³/mol. The molecule has 170 valence electrons. The number of ether oxygens (including phenoxy) is 2. The van der Waals surface area contributed by atoms with E-state index < -0.39 is 0 Å². The van der Waals surface area contributed by atoms with E-state index in [2.05, 4.69) is 61.2 Å². The van der Waals surface area contributed by atoms with Crippen LogP contribution >= 0.6 is 0 Å². The molecular formula is C24H32N6O2. The average molecular weight is 437 g/mol. The molecule has 3 heterocycles. The summed E-state index contributed by atoms with van der Waals surface area (Å²) < 4.78 is 12.9. The smallest absolute Gasteiger partial charge is 0.191 e. The fraction of sp³-hybridized carbons (Fsp3) is 0.417. The molecule has 8 heteroatoms. The van der Waals surface area contributed by atoms with E-state index >= 15 is 0 Å². The number of fused-ring (bicyclic) bond motifs is 1. The van der Waals surface area contributed by atoms with Crippen LogP contribution in [0.1, 0.15) is 24.2 Å². The maximum absolute atomic E-state index is 5.42. The lowest BCUT2D eigenvalue weighted by Gasteiger charge is -2.34. The van der Waals surface area contributed by atoms with Gasteiger partial charge in [-0.2, -0.15) is 0 Å². The Bertz CT molecular complexity index is 1060. The van der Waals surface area contributed by atoms with Crippen LogP contribution in [0.25, 0.3) is 5.65 Å². The topological polar surface area (TPSA) is 75.4 Å². The Labute approximate surface area is 189 Å². The van der Waals surface area contributed by atoms with Crippen LogP contribution in [0.5, 0.6) is 11.5 Å². The summed E-state index contributed by atoms with van der Waals surface area (Å²) in [5, 5.41) is 6.97. The van der Waals surface area contributed by atoms with E-state index in [1.807, 2.05) is 18.2 Å². The molecule has 0 aliphatic carbocycles. The second-order valence-corrected chi connectivity index (χ2v) is 8.03. The van der Waals surface area contributed by atoms with Crippen LogP contribution in [0.4, 0.5) is 5.69 Å². The number of pyridine rings is 1. The molecule has 0 saturated carbocycles. The van der Waals surface area contributed by atoms with E-state index in [0.29, 0.717) is 12.6 Å². The number of hydrogen-bond donors (Lipinski definition) is 2. The maximum atomic E-state index is 5.42. The molecule has 1 aliphatic heterocycles. The number of aryl methyl sites for hydroxylation is 1. The van der Waals surface area contributed by atoms with Gasteiger partial charge in [-0.3, -0.25) is 4.99 Å². The van der Waals surface area contributed by atoms with E-state index in [1.54, 1.807) is 21.3 Å². The molecule has 1 aliphatic rings. The highest BCUT2D eigenvalue weighted by atomic mass is 16.5. The number of rotatable bonds is 6. The number of hydrogen-bond acceptors (Lipinski definition) is 5. The highest BCUT2D eigenvalue weighted by Gasteiger charge is 2.21. The summed E-state index contributed by atoms with van der Waals surface area (Å²) in [5.74, 6) is 2.43. The number of imidazole rings is 1. The molecule has 1 fully saturated rings. The fourth-order valence-corrected chi connectivity index (χ4v) is 4.10. The Morgan fingerprint density at radius 1 is 1.12 bits per heavy atom. The minimum atomic E-state index is 0.369. The summed E-state index contributed by atoms with van der Waals surface area (Å²) in [6, 6.07) is 12.5. The fourth-order valence-electron chi connectivity index (χ4n) is 4.10. The highest BCUT2D eigenvalue weighted by Crippen LogP contribution is 2.30. The molecule has 0 amide bonds. The lowest BCUT2D eigenvalue weighted by atomic mass is 10.0. The van der Waals surface area contributed by atoms with E-state index in [9.17, 15) is 0 Å². The van der Waals surface area contributed by atoms with Gasteiger partial charge in [0, 0.05) is 62.0 Å². The number of anilines is 1. The summed E-state index contributed by atoms with van der Waals surface area (Å²) in [7, 11) is 5.17. The zero-order chi connectivity index (χ0) is 22.5. The molecule has 32 heavy (non-hydrogen) atoms. The van der Waals surface area contributed by atoms with Gasteiger partial charge in [-0.25, -0.2) is 4.98 Å². The zero-order valence-corrected chi connectivity index (χ0v) is 19.3. The van der Waals surface area contributed by atoms with Crippen LogP contribution in [0.2, 0.25) is 0 Å². The monoisotopic (exact) mass is 436 g/mol. The van der Waals surface area contributed by atoms with Crippen molar-refractivity contribution in [1.82, 2.24) is 20.0 Å². The standard InChI is InChI=1S/C24H32N6O2/c1-17-6-5-7-23-27-19(16-30(17)23)15-26-24(25-2)28-18-8-10-29(11-9-18)20-12-21(31-3)14-22(13-20)32-4/h5-7,12-14,16,18H,8-11,15H2,1-4H3,(H2,25,26,28). The molecule has 2 aromatic heterocycles. The first kappa shape index (κ1) is 21.8. The van der Waals surface area contributed by atoms with Crippen molar-refractivity contribution >= 4 is 17.3 Å². The molecule has 4 rings (SSSR count). The molecule has 8 nitrogen and oxygen atoms in total. The van der Waals surface area contributed by atoms with Crippen molar-refractivity contribution in [3.05, 3.63) is 54.0 Å². The number of methoxy groups -OCH3 is 2. The SMILES string of the molecule is CN=C(NCc1cn2c(C)cccc2n1)NC1CCN(c2cc(OC)cc(OC)c2)CC1. The van der Waals surface area contributed by atoms with Crippen LogP contribution in [0.3, 0.4) is 0 Å². The third-order valence-corrected chi connectivity index (χ3v) is 5.94. The van der Waals surface area contributed by atoms with Crippen molar-refractivity contribution in [1.29, 1.82) is 0 Å². The third-order valence-electron chi connectivity index (χ3n) is 5.94. The molecule has 0 spiro atoms. The minimum absolute atomic E-state index is 0.369. The molecule has 3 aromatic rings. The Morgan fingerprint density at radius 2 is 1.84 bits per heavy atom. The van der Waals surface area contributed by atoms with Gasteiger partial charge in [-0.1, -0.05) is 6.07 Å². The summed E-state index contributed by atoms with van der Waals surface area (Å²) in [6.07, 6.45) is 4.12. The lowest BCUT2D eigenvalue weighted by molar-refractivity contribution is 0.393. The molecule has 0 atom stereocenters. The van der Waals surface area contributed by atoms with Gasteiger partial charge >= 0.3 is 0 Å². The van der Waals surface area contributed by atoms with E-state index in [1.165, 1.54) is 5.69 Å². The Morgan fingerprint density at radius 3 is 2.47 bits per heavy atom. The molecule has 0 unspecified atom stereocenters. The summed E-state index contributed by atoms with van der Waals surface area (Å²) in [5.41, 5.74) is 4.25. The van der Waals surface area contributed by atoms with Gasteiger partial charge in [0.1, 0.15) is 17.1 Å². The van der Waals surface area contributed by atoms with Crippen LogP contribution in [0.15, 0.2) is 47.6 Å². The Kier molecular flexibility index (Phi) is 6.68. The van der Waals surface area contributed by atoms with Gasteiger partial charge in [-0.15, -0.1) is 0 Å². The number of guanidine groups is 1. The van der Waals surface area contributed by atoms with Gasteiger partial charge in [0.15, 0.2) is 5.96 Å². The van der Waals surface area contributed by atoms with Gasteiger partial charge in [-0.05, 0) is 31.9 Å². The van der Waals surface area contributed by atoms with Crippen molar-refractivity contribution < 1.29 is 9.47 Å². The van der Waals surface area contributed by atoms with E-state index in [4.69, 9.17) is 9.47 Å². The Balaban J connectivity index is 1.31. The molecule has 2 N–H and O–H groups in total. The first-order chi connectivity index (χ1) is 15.6. The quantitative estimate of drug-likeness (QED) is 0.457. The van der Waals surface area contributed by atoms with Crippen LogP contribution in [-0.2, 0) is 6.54 Å². The third kappa shape index (κ3) is 4.90. The van der Waals surface area contributed by atoms with Crippen molar-refractivity contribution in [3.63, 3.8) is 0 Å². The van der Waals surface area contributed by atoms with Gasteiger partial charge in [0.2, 0.25) is 0 Å². The molecular weight excluding hydrogens is 404 g/mol. The van der Waals surface area contributed by atoms with Gasteiger partial charge in [0.05, 0.1) is 26.5 Å². The number of aliphatic imine (C=N–C) groups is 1. The van der Waals surface area contributed by atoms with Crippen LogP contribution < -0.4 is 25.0 Å². The van der Waals surface area contributed by atoms with Crippen molar-refractivity contribution in [2.24, 2.45) is 4.99 Å². The van der Waals surface area contributed by atoms with Crippen molar-refractivity contribution in [2.75, 3.05) is 39.3 Å². The first-order valence-electron chi connectivity index (χ1n) is 11.0. The van der Waals surface area contributed by atoms with Crippen LogP contribution in [-0.4, -0.2) is 55.7 Å². The molecule has 1 aromatic carbocycles. The average Bonchev–Trinajstić information content (AvgIpc) is 3.26. The van der Waals surface area contributed by atoms with E-state index in [-0.39, 0.29) is 0 Å². The summed E-state index contributed by atoms with van der Waals surface area (Å²) >= 11 is 0. The van der Waals surface area contributed by atoms with Crippen molar-refractivity contribution in [3.8, 4) is 11.5 Å². The minimum Gasteiger partial charge on any atom is -0.497 e. The van der Waals surface area contributed by atoms with Crippen LogP contribution in [0, 0.1) is 6.92 Å². The van der Waals surface area contributed by atoms with Crippen molar-refractivity contribution in [2.45, 2.75) is 32.4 Å². The molecule has 0 bridgehead atoms.